The normalized spacial score (nSPS) is 10.6. The molecule has 1 N–H and O–H groups in total. The zero-order valence-corrected chi connectivity index (χ0v) is 15.3. The van der Waals surface area contributed by atoms with Crippen molar-refractivity contribution in [2.24, 2.45) is 0 Å². The first-order valence-corrected chi connectivity index (χ1v) is 9.20. The molecule has 0 aliphatic rings. The van der Waals surface area contributed by atoms with Crippen LogP contribution in [0, 0.1) is 5.82 Å². The molecule has 140 valence electrons. The lowest BCUT2D eigenvalue weighted by Crippen LogP contribution is -2.14. The van der Waals surface area contributed by atoms with Crippen molar-refractivity contribution in [2.45, 2.75) is 6.61 Å². The summed E-state index contributed by atoms with van der Waals surface area (Å²) in [7, 11) is 0. The van der Waals surface area contributed by atoms with Gasteiger partial charge < -0.3 is 10.1 Å². The summed E-state index contributed by atoms with van der Waals surface area (Å²) in [6.45, 7) is 0.259. The van der Waals surface area contributed by atoms with Gasteiger partial charge in [-0.15, -0.1) is 11.3 Å². The molecule has 0 atom stereocenters. The van der Waals surface area contributed by atoms with Crippen LogP contribution in [0.4, 0.5) is 10.1 Å². The number of nitrogens with one attached hydrogen (secondary N) is 1. The molecule has 0 bridgehead atoms. The quantitative estimate of drug-likeness (QED) is 0.538. The number of hydrogen-bond donors (Lipinski definition) is 1. The number of aromatic nitrogens is 4. The van der Waals surface area contributed by atoms with E-state index >= 15 is 0 Å². The molecule has 0 fully saturated rings. The van der Waals surface area contributed by atoms with E-state index in [2.05, 4.69) is 20.4 Å². The molecule has 0 spiro atoms. The fourth-order valence-corrected chi connectivity index (χ4v) is 3.09. The predicted octanol–water partition coefficient (Wildman–Crippen LogP) is 3.69. The van der Waals surface area contributed by atoms with Gasteiger partial charge in [-0.2, -0.15) is 5.10 Å². The average Bonchev–Trinajstić information content (AvgIpc) is 3.41. The summed E-state index contributed by atoms with van der Waals surface area (Å²) in [5.41, 5.74) is 3.40. The highest BCUT2D eigenvalue weighted by atomic mass is 32.1. The maximum atomic E-state index is 14.4. The second-order valence-electron chi connectivity index (χ2n) is 5.72. The molecule has 0 aliphatic carbocycles. The van der Waals surface area contributed by atoms with Crippen molar-refractivity contribution in [1.29, 1.82) is 0 Å². The van der Waals surface area contributed by atoms with E-state index in [0.717, 1.165) is 5.69 Å². The van der Waals surface area contributed by atoms with Gasteiger partial charge in [0.15, 0.2) is 5.82 Å². The van der Waals surface area contributed by atoms with Crippen molar-refractivity contribution >= 4 is 22.9 Å². The Kier molecular flexibility index (Phi) is 5.07. The third-order valence-corrected chi connectivity index (χ3v) is 4.50. The summed E-state index contributed by atoms with van der Waals surface area (Å²) < 4.78 is 21.4. The zero-order valence-electron chi connectivity index (χ0n) is 14.4. The van der Waals surface area contributed by atoms with Gasteiger partial charge in [0.1, 0.15) is 30.7 Å². The van der Waals surface area contributed by atoms with Crippen LogP contribution in [0.1, 0.15) is 16.1 Å². The Morgan fingerprint density at radius 3 is 2.89 bits per heavy atom. The van der Waals surface area contributed by atoms with Crippen molar-refractivity contribution < 1.29 is 13.9 Å². The van der Waals surface area contributed by atoms with Gasteiger partial charge in [0.25, 0.3) is 5.91 Å². The molecule has 0 saturated heterocycles. The number of anilines is 1. The van der Waals surface area contributed by atoms with Gasteiger partial charge in [0.05, 0.1) is 16.8 Å². The minimum Gasteiger partial charge on any atom is -0.486 e. The number of nitrogens with zero attached hydrogens (tertiary/aromatic N) is 4. The van der Waals surface area contributed by atoms with Crippen LogP contribution in [-0.2, 0) is 6.61 Å². The number of hydrogen-bond acceptors (Lipinski definition) is 6. The van der Waals surface area contributed by atoms with E-state index in [4.69, 9.17) is 4.74 Å². The van der Waals surface area contributed by atoms with Crippen LogP contribution in [0.25, 0.3) is 5.69 Å². The van der Waals surface area contributed by atoms with Crippen molar-refractivity contribution in [3.63, 3.8) is 0 Å². The number of rotatable bonds is 6. The fourth-order valence-electron chi connectivity index (χ4n) is 2.54. The SMILES string of the molecule is O=C(Nc1ccc(-n2cncn2)c(F)c1)c1ccccc1OCc1cscn1. The van der Waals surface area contributed by atoms with Gasteiger partial charge >= 0.3 is 0 Å². The van der Waals surface area contributed by atoms with Crippen LogP contribution in [0.15, 0.2) is 66.0 Å². The molecule has 0 unspecified atom stereocenters. The molecule has 0 aliphatic heterocycles. The number of para-hydroxylation sites is 1. The Balaban J connectivity index is 1.50. The number of carbonyl (C=O) groups excluding carboxylic acids is 1. The number of benzene rings is 2. The van der Waals surface area contributed by atoms with Crippen LogP contribution in [0.5, 0.6) is 5.75 Å². The number of amides is 1. The maximum Gasteiger partial charge on any atom is 0.259 e. The second-order valence-corrected chi connectivity index (χ2v) is 6.44. The van der Waals surface area contributed by atoms with E-state index in [1.54, 1.807) is 35.8 Å². The molecule has 1 amide bonds. The predicted molar refractivity (Wildman–Crippen MR) is 102 cm³/mol. The maximum absolute atomic E-state index is 14.4. The monoisotopic (exact) mass is 395 g/mol. The molecule has 7 nitrogen and oxygen atoms in total. The van der Waals surface area contributed by atoms with Crippen LogP contribution in [0.2, 0.25) is 0 Å². The summed E-state index contributed by atoms with van der Waals surface area (Å²) in [6, 6.07) is 11.2. The van der Waals surface area contributed by atoms with Crippen molar-refractivity contribution in [2.75, 3.05) is 5.32 Å². The molecule has 0 radical (unpaired) electrons. The van der Waals surface area contributed by atoms with Crippen LogP contribution >= 0.6 is 11.3 Å². The number of carbonyl (C=O) groups is 1. The van der Waals surface area contributed by atoms with E-state index in [1.807, 2.05) is 5.38 Å². The molecule has 2 aromatic carbocycles. The minimum absolute atomic E-state index is 0.238. The first-order chi connectivity index (χ1) is 13.7. The molecular formula is C19H14FN5O2S. The standard InChI is InChI=1S/C19H14FN5O2S/c20-16-7-13(5-6-17(16)25-11-21-10-23-25)24-19(26)15-3-1-2-4-18(15)27-8-14-9-28-12-22-14/h1-7,9-12H,8H2,(H,24,26). The molecule has 2 aromatic heterocycles. The topological polar surface area (TPSA) is 81.9 Å². The first-order valence-electron chi connectivity index (χ1n) is 8.25. The lowest BCUT2D eigenvalue weighted by molar-refractivity contribution is 0.102. The van der Waals surface area contributed by atoms with Gasteiger partial charge in [-0.25, -0.2) is 19.0 Å². The Bertz CT molecular complexity index is 1080. The minimum atomic E-state index is -0.531. The van der Waals surface area contributed by atoms with Gasteiger partial charge in [-0.3, -0.25) is 4.79 Å². The van der Waals surface area contributed by atoms with Crippen molar-refractivity contribution in [1.82, 2.24) is 19.7 Å². The smallest absolute Gasteiger partial charge is 0.259 e. The van der Waals surface area contributed by atoms with Gasteiger partial charge in [-0.1, -0.05) is 12.1 Å². The Morgan fingerprint density at radius 2 is 2.14 bits per heavy atom. The van der Waals surface area contributed by atoms with E-state index in [0.29, 0.717) is 17.0 Å². The summed E-state index contributed by atoms with van der Waals surface area (Å²) in [5.74, 6) is -0.508. The van der Waals surface area contributed by atoms with E-state index in [9.17, 15) is 9.18 Å². The average molecular weight is 395 g/mol. The Hall–Kier alpha value is -3.59. The summed E-state index contributed by atoms with van der Waals surface area (Å²) in [6.07, 6.45) is 2.71. The fraction of sp³-hybridized carbons (Fsp3) is 0.0526. The highest BCUT2D eigenvalue weighted by Gasteiger charge is 2.14. The molecule has 4 rings (SSSR count). The molecule has 28 heavy (non-hydrogen) atoms. The third-order valence-electron chi connectivity index (χ3n) is 3.86. The number of thiazole rings is 1. The molecule has 0 saturated carbocycles. The first kappa shape index (κ1) is 17.8. The number of ether oxygens (including phenoxy) is 1. The van der Waals surface area contributed by atoms with Crippen LogP contribution < -0.4 is 10.1 Å². The van der Waals surface area contributed by atoms with E-state index in [-0.39, 0.29) is 12.3 Å². The van der Waals surface area contributed by atoms with E-state index < -0.39 is 11.7 Å². The summed E-state index contributed by atoms with van der Waals surface area (Å²) in [4.78, 5) is 20.6. The largest absolute Gasteiger partial charge is 0.486 e. The number of halogens is 1. The van der Waals surface area contributed by atoms with Crippen LogP contribution in [0.3, 0.4) is 0 Å². The zero-order chi connectivity index (χ0) is 19.3. The molecule has 9 heteroatoms. The molecule has 2 heterocycles. The highest BCUT2D eigenvalue weighted by molar-refractivity contribution is 7.07. The van der Waals surface area contributed by atoms with Gasteiger partial charge in [-0.05, 0) is 30.3 Å². The highest BCUT2D eigenvalue weighted by Crippen LogP contribution is 2.22. The summed E-state index contributed by atoms with van der Waals surface area (Å²) >= 11 is 1.47. The molecular weight excluding hydrogens is 381 g/mol. The molecule has 4 aromatic rings. The third kappa shape index (κ3) is 3.89. The van der Waals surface area contributed by atoms with Crippen LogP contribution in [-0.4, -0.2) is 25.7 Å². The van der Waals surface area contributed by atoms with Gasteiger partial charge in [0.2, 0.25) is 0 Å². The second kappa shape index (κ2) is 7.97. The van der Waals surface area contributed by atoms with Crippen molar-refractivity contribution in [3.05, 3.63) is 83.1 Å². The van der Waals surface area contributed by atoms with Crippen molar-refractivity contribution in [3.8, 4) is 11.4 Å². The lowest BCUT2D eigenvalue weighted by atomic mass is 10.1. The Morgan fingerprint density at radius 1 is 1.25 bits per heavy atom. The summed E-state index contributed by atoms with van der Waals surface area (Å²) in [5, 5.41) is 8.46. The Labute approximate surface area is 163 Å². The van der Waals surface area contributed by atoms with E-state index in [1.165, 1.54) is 40.8 Å². The van der Waals surface area contributed by atoms with Gasteiger partial charge in [0, 0.05) is 11.1 Å². The lowest BCUT2D eigenvalue weighted by Gasteiger charge is -2.12.